The van der Waals surface area contributed by atoms with Crippen LogP contribution in [0.15, 0.2) is 24.3 Å². The fraction of sp³-hybridized carbons (Fsp3) is 0.500. The number of non-ortho nitro benzene ring substituents is 1. The molecule has 1 aromatic rings. The Morgan fingerprint density at radius 2 is 2.19 bits per heavy atom. The molecule has 7 nitrogen and oxygen atoms in total. The summed E-state index contributed by atoms with van der Waals surface area (Å²) in [6.45, 7) is 3.77. The van der Waals surface area contributed by atoms with Gasteiger partial charge in [-0.25, -0.2) is 4.79 Å². The Morgan fingerprint density at radius 3 is 2.76 bits per heavy atom. The van der Waals surface area contributed by atoms with E-state index in [1.54, 1.807) is 19.1 Å². The maximum Gasteiger partial charge on any atom is 0.315 e. The second-order valence-corrected chi connectivity index (χ2v) is 5.20. The van der Waals surface area contributed by atoms with Crippen LogP contribution in [0.4, 0.5) is 10.5 Å². The lowest BCUT2D eigenvalue weighted by Crippen LogP contribution is -2.52. The van der Waals surface area contributed by atoms with Crippen molar-refractivity contribution in [3.8, 4) is 0 Å². The van der Waals surface area contributed by atoms with Crippen molar-refractivity contribution in [2.45, 2.75) is 38.8 Å². The van der Waals surface area contributed by atoms with Crippen molar-refractivity contribution in [2.24, 2.45) is 0 Å². The number of carbonyl (C=O) groups is 1. The van der Waals surface area contributed by atoms with Crippen LogP contribution in [0.25, 0.3) is 0 Å². The van der Waals surface area contributed by atoms with Crippen LogP contribution in [0.1, 0.15) is 32.3 Å². The van der Waals surface area contributed by atoms with Gasteiger partial charge in [-0.05, 0) is 18.9 Å². The second kappa shape index (κ2) is 7.58. The monoisotopic (exact) mass is 295 g/mol. The smallest absolute Gasteiger partial charge is 0.315 e. The second-order valence-electron chi connectivity index (χ2n) is 5.20. The molecular weight excluding hydrogens is 274 g/mol. The van der Waals surface area contributed by atoms with Crippen molar-refractivity contribution in [3.63, 3.8) is 0 Å². The average molecular weight is 295 g/mol. The zero-order chi connectivity index (χ0) is 15.9. The SMILES string of the molecule is CCCC(C)(CO)NC(=O)NCc1cccc([N+](=O)[O-])c1. The highest BCUT2D eigenvalue weighted by molar-refractivity contribution is 5.74. The van der Waals surface area contributed by atoms with Gasteiger partial charge in [0.1, 0.15) is 0 Å². The van der Waals surface area contributed by atoms with E-state index in [0.717, 1.165) is 6.42 Å². The molecule has 0 aliphatic heterocycles. The zero-order valence-corrected chi connectivity index (χ0v) is 12.3. The molecule has 0 aromatic heterocycles. The van der Waals surface area contributed by atoms with E-state index >= 15 is 0 Å². The van der Waals surface area contributed by atoms with Gasteiger partial charge in [0.05, 0.1) is 17.1 Å². The van der Waals surface area contributed by atoms with Crippen molar-refractivity contribution < 1.29 is 14.8 Å². The van der Waals surface area contributed by atoms with Gasteiger partial charge in [-0.15, -0.1) is 0 Å². The maximum atomic E-state index is 11.8. The van der Waals surface area contributed by atoms with E-state index in [-0.39, 0.29) is 18.8 Å². The molecule has 0 aliphatic carbocycles. The van der Waals surface area contributed by atoms with E-state index in [0.29, 0.717) is 12.0 Å². The highest BCUT2D eigenvalue weighted by atomic mass is 16.6. The summed E-state index contributed by atoms with van der Waals surface area (Å²) in [5, 5.41) is 25.3. The number of aliphatic hydroxyl groups excluding tert-OH is 1. The minimum atomic E-state index is -0.665. The van der Waals surface area contributed by atoms with Gasteiger partial charge in [0.2, 0.25) is 0 Å². The summed E-state index contributed by atoms with van der Waals surface area (Å²) >= 11 is 0. The maximum absolute atomic E-state index is 11.8. The van der Waals surface area contributed by atoms with Crippen LogP contribution in [0.2, 0.25) is 0 Å². The number of aliphatic hydroxyl groups is 1. The largest absolute Gasteiger partial charge is 0.394 e. The Balaban J connectivity index is 2.57. The third kappa shape index (κ3) is 5.39. The first-order valence-corrected chi connectivity index (χ1v) is 6.80. The van der Waals surface area contributed by atoms with Gasteiger partial charge in [0.15, 0.2) is 0 Å². The molecule has 0 saturated heterocycles. The number of nitrogens with zero attached hydrogens (tertiary/aromatic N) is 1. The number of nitrogens with one attached hydrogen (secondary N) is 2. The van der Waals surface area contributed by atoms with Crippen LogP contribution in [-0.4, -0.2) is 28.2 Å². The van der Waals surface area contributed by atoms with Crippen LogP contribution in [0.3, 0.4) is 0 Å². The number of urea groups is 1. The summed E-state index contributed by atoms with van der Waals surface area (Å²) in [5.74, 6) is 0. The number of hydrogen-bond donors (Lipinski definition) is 3. The lowest BCUT2D eigenvalue weighted by molar-refractivity contribution is -0.384. The number of nitro groups is 1. The molecule has 1 aromatic carbocycles. The Morgan fingerprint density at radius 1 is 1.48 bits per heavy atom. The number of amides is 2. The average Bonchev–Trinajstić information content (AvgIpc) is 2.45. The van der Waals surface area contributed by atoms with Gasteiger partial charge in [0, 0.05) is 18.7 Å². The molecular formula is C14H21N3O4. The predicted octanol–water partition coefficient (Wildman–Crippen LogP) is 1.95. The Bertz CT molecular complexity index is 507. The summed E-state index contributed by atoms with van der Waals surface area (Å²) in [6.07, 6.45) is 1.50. The Kier molecular flexibility index (Phi) is 6.10. The molecule has 7 heteroatoms. The molecule has 116 valence electrons. The molecule has 0 bridgehead atoms. The first-order valence-electron chi connectivity index (χ1n) is 6.80. The van der Waals surface area contributed by atoms with E-state index < -0.39 is 16.5 Å². The number of rotatable bonds is 7. The summed E-state index contributed by atoms with van der Waals surface area (Å²) in [4.78, 5) is 22.0. The normalized spacial score (nSPS) is 13.3. The van der Waals surface area contributed by atoms with Crippen molar-refractivity contribution in [1.82, 2.24) is 10.6 Å². The van der Waals surface area contributed by atoms with Crippen LogP contribution in [0, 0.1) is 10.1 Å². The summed E-state index contributed by atoms with van der Waals surface area (Å²) in [7, 11) is 0. The lowest BCUT2D eigenvalue weighted by Gasteiger charge is -2.28. The minimum absolute atomic E-state index is 0.0131. The molecule has 0 spiro atoms. The number of nitro benzene ring substituents is 1. The van der Waals surface area contributed by atoms with Gasteiger partial charge in [-0.3, -0.25) is 10.1 Å². The molecule has 0 aliphatic rings. The standard InChI is InChI=1S/C14H21N3O4/c1-3-7-14(2,10-18)16-13(19)15-9-11-5-4-6-12(8-11)17(20)21/h4-6,8,18H,3,7,9-10H2,1-2H3,(H2,15,16,19). The molecule has 0 fully saturated rings. The lowest BCUT2D eigenvalue weighted by atomic mass is 9.98. The van der Waals surface area contributed by atoms with Crippen LogP contribution >= 0.6 is 0 Å². The van der Waals surface area contributed by atoms with Crippen molar-refractivity contribution in [3.05, 3.63) is 39.9 Å². The Labute approximate surface area is 123 Å². The van der Waals surface area contributed by atoms with Crippen molar-refractivity contribution in [2.75, 3.05) is 6.61 Å². The molecule has 1 rings (SSSR count). The van der Waals surface area contributed by atoms with Gasteiger partial charge in [-0.2, -0.15) is 0 Å². The number of hydrogen-bond acceptors (Lipinski definition) is 4. The zero-order valence-electron chi connectivity index (χ0n) is 12.3. The molecule has 21 heavy (non-hydrogen) atoms. The molecule has 2 amide bonds. The van der Waals surface area contributed by atoms with Gasteiger partial charge in [0.25, 0.3) is 5.69 Å². The molecule has 0 heterocycles. The topological polar surface area (TPSA) is 104 Å². The molecule has 1 unspecified atom stereocenters. The molecule has 0 saturated carbocycles. The van der Waals surface area contributed by atoms with Gasteiger partial charge in [-0.1, -0.05) is 25.5 Å². The van der Waals surface area contributed by atoms with Gasteiger partial charge >= 0.3 is 6.03 Å². The summed E-state index contributed by atoms with van der Waals surface area (Å²) < 4.78 is 0. The van der Waals surface area contributed by atoms with Gasteiger partial charge < -0.3 is 15.7 Å². The number of carbonyl (C=O) groups excluding carboxylic acids is 1. The summed E-state index contributed by atoms with van der Waals surface area (Å²) in [6, 6.07) is 5.67. The Hall–Kier alpha value is -2.15. The van der Waals surface area contributed by atoms with Crippen molar-refractivity contribution >= 4 is 11.7 Å². The third-order valence-electron chi connectivity index (χ3n) is 3.14. The molecule has 1 atom stereocenters. The summed E-state index contributed by atoms with van der Waals surface area (Å²) in [5.41, 5.74) is -0.0388. The van der Waals surface area contributed by atoms with Crippen LogP contribution < -0.4 is 10.6 Å². The fourth-order valence-electron chi connectivity index (χ4n) is 2.01. The minimum Gasteiger partial charge on any atom is -0.394 e. The number of benzene rings is 1. The van der Waals surface area contributed by atoms with E-state index in [2.05, 4.69) is 10.6 Å². The first kappa shape index (κ1) is 16.9. The molecule has 0 radical (unpaired) electrons. The van der Waals surface area contributed by atoms with E-state index in [9.17, 15) is 20.0 Å². The third-order valence-corrected chi connectivity index (χ3v) is 3.14. The fourth-order valence-corrected chi connectivity index (χ4v) is 2.01. The predicted molar refractivity (Wildman–Crippen MR) is 78.9 cm³/mol. The molecule has 3 N–H and O–H groups in total. The quantitative estimate of drug-likeness (QED) is 0.528. The van der Waals surface area contributed by atoms with E-state index in [1.807, 2.05) is 6.92 Å². The van der Waals surface area contributed by atoms with Crippen LogP contribution in [-0.2, 0) is 6.54 Å². The highest BCUT2D eigenvalue weighted by Gasteiger charge is 2.24. The van der Waals surface area contributed by atoms with E-state index in [4.69, 9.17) is 0 Å². The highest BCUT2D eigenvalue weighted by Crippen LogP contribution is 2.13. The van der Waals surface area contributed by atoms with Crippen LogP contribution in [0.5, 0.6) is 0 Å². The van der Waals surface area contributed by atoms with Crippen molar-refractivity contribution in [1.29, 1.82) is 0 Å². The van der Waals surface area contributed by atoms with E-state index in [1.165, 1.54) is 12.1 Å². The first-order chi connectivity index (χ1) is 9.90.